The third-order valence-corrected chi connectivity index (χ3v) is 7.21. The minimum absolute atomic E-state index is 0.0689. The van der Waals surface area contributed by atoms with Crippen LogP contribution >= 0.6 is 11.6 Å². The van der Waals surface area contributed by atoms with Gasteiger partial charge in [0.05, 0.1) is 10.3 Å². The lowest BCUT2D eigenvalue weighted by Gasteiger charge is -2.15. The number of hydrogen-bond acceptors (Lipinski definition) is 3. The lowest BCUT2D eigenvalue weighted by molar-refractivity contribution is 0.102. The monoisotopic (exact) mass is 408 g/mol. The second-order valence-corrected chi connectivity index (χ2v) is 9.31. The van der Waals surface area contributed by atoms with Crippen molar-refractivity contribution in [3.8, 4) is 0 Å². The van der Waals surface area contributed by atoms with Crippen LogP contribution in [0.1, 0.15) is 46.8 Å². The summed E-state index contributed by atoms with van der Waals surface area (Å²) in [5.41, 5.74) is 2.56. The third kappa shape index (κ3) is 3.72. The van der Waals surface area contributed by atoms with Crippen LogP contribution in [0.15, 0.2) is 36.4 Å². The Kier molecular flexibility index (Phi) is 4.70. The standard InChI is InChI=1S/C19H18ClFN2O3S/c20-16-10-11(4-8-17(16)21)22-19(24)15-3-1-2-14-13(15)7-9-18(14)23-27(25,26)12-5-6-12/h1-4,8,10,12,18,23H,5-7,9H2,(H,22,24)/t18-/m0/s1. The molecule has 1 fully saturated rings. The largest absolute Gasteiger partial charge is 0.322 e. The first-order chi connectivity index (χ1) is 12.8. The van der Waals surface area contributed by atoms with Gasteiger partial charge in [0.1, 0.15) is 5.82 Å². The summed E-state index contributed by atoms with van der Waals surface area (Å²) in [7, 11) is -3.30. The summed E-state index contributed by atoms with van der Waals surface area (Å²) in [4.78, 5) is 12.7. The van der Waals surface area contributed by atoms with E-state index in [2.05, 4.69) is 10.0 Å². The number of benzene rings is 2. The predicted octanol–water partition coefficient (Wildman–Crippen LogP) is 3.80. The molecule has 4 rings (SSSR count). The summed E-state index contributed by atoms with van der Waals surface area (Å²) in [5.74, 6) is -0.888. The predicted molar refractivity (Wildman–Crippen MR) is 102 cm³/mol. The third-order valence-electron chi connectivity index (χ3n) is 4.96. The minimum atomic E-state index is -3.30. The highest BCUT2D eigenvalue weighted by molar-refractivity contribution is 7.90. The molecule has 0 aromatic heterocycles. The van der Waals surface area contributed by atoms with Gasteiger partial charge in [-0.3, -0.25) is 4.79 Å². The number of fused-ring (bicyclic) bond motifs is 1. The molecule has 0 saturated heterocycles. The maximum atomic E-state index is 13.3. The Morgan fingerprint density at radius 2 is 1.93 bits per heavy atom. The normalized spacial score (nSPS) is 19.0. The van der Waals surface area contributed by atoms with Gasteiger partial charge in [0.2, 0.25) is 10.0 Å². The Bertz CT molecular complexity index is 1020. The number of carbonyl (C=O) groups excluding carboxylic acids is 1. The van der Waals surface area contributed by atoms with E-state index in [9.17, 15) is 17.6 Å². The van der Waals surface area contributed by atoms with Gasteiger partial charge in [0.25, 0.3) is 5.91 Å². The van der Waals surface area contributed by atoms with Crippen LogP contribution in [-0.2, 0) is 16.4 Å². The quantitative estimate of drug-likeness (QED) is 0.790. The first-order valence-electron chi connectivity index (χ1n) is 8.74. The molecule has 0 spiro atoms. The van der Waals surface area contributed by atoms with E-state index in [-0.39, 0.29) is 22.2 Å². The number of hydrogen-bond donors (Lipinski definition) is 2. The maximum Gasteiger partial charge on any atom is 0.255 e. The average Bonchev–Trinajstić information content (AvgIpc) is 3.42. The second-order valence-electron chi connectivity index (χ2n) is 6.91. The molecule has 1 atom stereocenters. The van der Waals surface area contributed by atoms with Crippen molar-refractivity contribution in [2.45, 2.75) is 37.0 Å². The van der Waals surface area contributed by atoms with Crippen LogP contribution in [0.2, 0.25) is 5.02 Å². The Morgan fingerprint density at radius 3 is 2.63 bits per heavy atom. The minimum Gasteiger partial charge on any atom is -0.322 e. The van der Waals surface area contributed by atoms with Crippen LogP contribution in [0.25, 0.3) is 0 Å². The first-order valence-corrected chi connectivity index (χ1v) is 10.7. The van der Waals surface area contributed by atoms with Crippen LogP contribution in [0.5, 0.6) is 0 Å². The van der Waals surface area contributed by atoms with E-state index in [0.29, 0.717) is 36.9 Å². The van der Waals surface area contributed by atoms with Gasteiger partial charge in [-0.15, -0.1) is 0 Å². The fraction of sp³-hybridized carbons (Fsp3) is 0.316. The molecule has 0 bridgehead atoms. The van der Waals surface area contributed by atoms with Gasteiger partial charge in [0.15, 0.2) is 0 Å². The molecule has 5 nitrogen and oxygen atoms in total. The van der Waals surface area contributed by atoms with Crippen LogP contribution in [0.3, 0.4) is 0 Å². The molecule has 0 radical (unpaired) electrons. The van der Waals surface area contributed by atoms with Crippen molar-refractivity contribution >= 4 is 33.2 Å². The lowest BCUT2D eigenvalue weighted by Crippen LogP contribution is -2.30. The molecular formula is C19H18ClFN2O3S. The summed E-state index contributed by atoms with van der Waals surface area (Å²) in [6.45, 7) is 0. The number of anilines is 1. The lowest BCUT2D eigenvalue weighted by atomic mass is 10.0. The van der Waals surface area contributed by atoms with E-state index >= 15 is 0 Å². The summed E-state index contributed by atoms with van der Waals surface area (Å²) < 4.78 is 40.6. The van der Waals surface area contributed by atoms with E-state index in [1.807, 2.05) is 6.07 Å². The van der Waals surface area contributed by atoms with Gasteiger partial charge < -0.3 is 5.32 Å². The molecule has 0 aliphatic heterocycles. The zero-order valence-electron chi connectivity index (χ0n) is 14.3. The topological polar surface area (TPSA) is 75.3 Å². The molecule has 2 aliphatic carbocycles. The Hall–Kier alpha value is -1.96. The SMILES string of the molecule is O=C(Nc1ccc(F)c(Cl)c1)c1cccc2c1CC[C@@H]2NS(=O)(=O)C1CC1. The van der Waals surface area contributed by atoms with E-state index in [4.69, 9.17) is 11.6 Å². The van der Waals surface area contributed by atoms with Gasteiger partial charge >= 0.3 is 0 Å². The number of sulfonamides is 1. The van der Waals surface area contributed by atoms with E-state index in [1.54, 1.807) is 12.1 Å². The van der Waals surface area contributed by atoms with Crippen molar-refractivity contribution in [3.63, 3.8) is 0 Å². The molecule has 2 aromatic rings. The maximum absolute atomic E-state index is 13.3. The molecule has 1 saturated carbocycles. The Morgan fingerprint density at radius 1 is 1.15 bits per heavy atom. The second kappa shape index (κ2) is 6.89. The molecule has 27 heavy (non-hydrogen) atoms. The fourth-order valence-corrected chi connectivity index (χ4v) is 5.21. The van der Waals surface area contributed by atoms with Crippen LogP contribution < -0.4 is 10.0 Å². The zero-order valence-corrected chi connectivity index (χ0v) is 15.9. The van der Waals surface area contributed by atoms with E-state index in [0.717, 1.165) is 11.1 Å². The molecular weight excluding hydrogens is 391 g/mol. The first kappa shape index (κ1) is 18.4. The van der Waals surface area contributed by atoms with Crippen LogP contribution in [0.4, 0.5) is 10.1 Å². The van der Waals surface area contributed by atoms with Crippen molar-refractivity contribution in [2.75, 3.05) is 5.32 Å². The van der Waals surface area contributed by atoms with Gasteiger partial charge in [-0.1, -0.05) is 23.7 Å². The smallest absolute Gasteiger partial charge is 0.255 e. The zero-order chi connectivity index (χ0) is 19.2. The van der Waals surface area contributed by atoms with Gasteiger partial charge in [-0.05, 0) is 61.1 Å². The molecule has 2 aliphatic rings. The van der Waals surface area contributed by atoms with Crippen LogP contribution in [-0.4, -0.2) is 19.6 Å². The summed E-state index contributed by atoms with van der Waals surface area (Å²) in [5, 5.41) is 2.37. The molecule has 8 heteroatoms. The molecule has 0 unspecified atom stereocenters. The van der Waals surface area contributed by atoms with Crippen LogP contribution in [0, 0.1) is 5.82 Å². The highest BCUT2D eigenvalue weighted by Gasteiger charge is 2.38. The highest BCUT2D eigenvalue weighted by Crippen LogP contribution is 2.36. The van der Waals surface area contributed by atoms with Gasteiger partial charge in [-0.2, -0.15) is 0 Å². The number of carbonyl (C=O) groups is 1. The Balaban J connectivity index is 1.56. The van der Waals surface area contributed by atoms with Crippen molar-refractivity contribution in [2.24, 2.45) is 0 Å². The van der Waals surface area contributed by atoms with E-state index < -0.39 is 15.8 Å². The number of rotatable bonds is 5. The summed E-state index contributed by atoms with van der Waals surface area (Å²) >= 11 is 5.76. The van der Waals surface area contributed by atoms with Gasteiger partial charge in [-0.25, -0.2) is 17.5 Å². The molecule has 1 amide bonds. The van der Waals surface area contributed by atoms with Crippen molar-refractivity contribution in [1.82, 2.24) is 4.72 Å². The molecule has 0 heterocycles. The summed E-state index contributed by atoms with van der Waals surface area (Å²) in [6.07, 6.45) is 2.64. The number of nitrogens with one attached hydrogen (secondary N) is 2. The van der Waals surface area contributed by atoms with Crippen molar-refractivity contribution in [3.05, 3.63) is 63.9 Å². The fourth-order valence-electron chi connectivity index (χ4n) is 3.43. The number of halogens is 2. The Labute approximate surface area is 162 Å². The van der Waals surface area contributed by atoms with Gasteiger partial charge in [0, 0.05) is 17.3 Å². The average molecular weight is 409 g/mol. The molecule has 2 N–H and O–H groups in total. The summed E-state index contributed by atoms with van der Waals surface area (Å²) in [6, 6.07) is 8.98. The van der Waals surface area contributed by atoms with Crippen molar-refractivity contribution in [1.29, 1.82) is 0 Å². The molecule has 2 aromatic carbocycles. The van der Waals surface area contributed by atoms with Crippen molar-refractivity contribution < 1.29 is 17.6 Å². The van der Waals surface area contributed by atoms with E-state index in [1.165, 1.54) is 18.2 Å². The highest BCUT2D eigenvalue weighted by atomic mass is 35.5. The number of amides is 1. The molecule has 142 valence electrons.